The topological polar surface area (TPSA) is 77.1 Å². The zero-order chi connectivity index (χ0) is 22.1. The van der Waals surface area contributed by atoms with Gasteiger partial charge in [0.15, 0.2) is 0 Å². The van der Waals surface area contributed by atoms with Crippen molar-refractivity contribution in [1.29, 1.82) is 0 Å². The summed E-state index contributed by atoms with van der Waals surface area (Å²) in [5, 5.41) is 2.95. The molecule has 2 aromatic rings. The number of carbonyl (C=O) groups is 2. The van der Waals surface area contributed by atoms with Crippen LogP contribution in [-0.4, -0.2) is 56.7 Å². The molecular weight excluding hydrogens is 396 g/mol. The number of nitrogens with one attached hydrogen (secondary N) is 1. The molecule has 0 atom stereocenters. The average Bonchev–Trinajstić information content (AvgIpc) is 2.82. The Morgan fingerprint density at radius 1 is 1.00 bits per heavy atom. The summed E-state index contributed by atoms with van der Waals surface area (Å²) in [7, 11) is 1.58. The summed E-state index contributed by atoms with van der Waals surface area (Å²) in [6, 6.07) is 14.6. The lowest BCUT2D eigenvalue weighted by Crippen LogP contribution is -2.41. The third kappa shape index (κ3) is 5.98. The van der Waals surface area contributed by atoms with Gasteiger partial charge in [0.2, 0.25) is 5.91 Å². The first-order chi connectivity index (χ1) is 15.1. The molecule has 0 radical (unpaired) electrons. The maximum absolute atomic E-state index is 13.1. The van der Waals surface area contributed by atoms with Crippen molar-refractivity contribution < 1.29 is 23.8 Å². The van der Waals surface area contributed by atoms with Crippen molar-refractivity contribution in [2.45, 2.75) is 19.8 Å². The van der Waals surface area contributed by atoms with Crippen molar-refractivity contribution in [3.05, 3.63) is 54.1 Å². The Kier molecular flexibility index (Phi) is 8.29. The molecule has 1 saturated heterocycles. The largest absolute Gasteiger partial charge is 0.495 e. The molecule has 7 nitrogen and oxygen atoms in total. The van der Waals surface area contributed by atoms with Gasteiger partial charge in [-0.15, -0.1) is 0 Å². The minimum Gasteiger partial charge on any atom is -0.495 e. The Bertz CT molecular complexity index is 878. The highest BCUT2D eigenvalue weighted by Crippen LogP contribution is 2.27. The Morgan fingerprint density at radius 3 is 2.39 bits per heavy atom. The molecule has 0 saturated carbocycles. The average molecular weight is 427 g/mol. The highest BCUT2D eigenvalue weighted by Gasteiger charge is 2.29. The van der Waals surface area contributed by atoms with Crippen LogP contribution in [0.2, 0.25) is 0 Å². The first-order valence-electron chi connectivity index (χ1n) is 10.7. The second-order valence-electron chi connectivity index (χ2n) is 7.30. The molecule has 1 aliphatic heterocycles. The first-order valence-corrected chi connectivity index (χ1v) is 10.7. The van der Waals surface area contributed by atoms with Crippen molar-refractivity contribution in [3.8, 4) is 11.5 Å². The molecule has 3 rings (SSSR count). The predicted molar refractivity (Wildman–Crippen MR) is 119 cm³/mol. The maximum Gasteiger partial charge on any atom is 0.257 e. The zero-order valence-electron chi connectivity index (χ0n) is 18.1. The smallest absolute Gasteiger partial charge is 0.257 e. The van der Waals surface area contributed by atoms with E-state index < -0.39 is 0 Å². The van der Waals surface area contributed by atoms with Crippen LogP contribution in [0.5, 0.6) is 11.5 Å². The molecule has 1 N–H and O–H groups in total. The molecule has 0 bridgehead atoms. The van der Waals surface area contributed by atoms with E-state index in [-0.39, 0.29) is 17.7 Å². The summed E-state index contributed by atoms with van der Waals surface area (Å²) in [5.74, 6) is 0.922. The molecule has 7 heteroatoms. The van der Waals surface area contributed by atoms with Gasteiger partial charge in [-0.3, -0.25) is 9.59 Å². The second-order valence-corrected chi connectivity index (χ2v) is 7.30. The molecule has 1 fully saturated rings. The highest BCUT2D eigenvalue weighted by molar-refractivity contribution is 5.97. The number of benzene rings is 2. The first kappa shape index (κ1) is 22.6. The van der Waals surface area contributed by atoms with Crippen LogP contribution < -0.4 is 14.8 Å². The second kappa shape index (κ2) is 11.4. The fourth-order valence-corrected chi connectivity index (χ4v) is 3.62. The molecule has 166 valence electrons. The van der Waals surface area contributed by atoms with E-state index in [1.54, 1.807) is 24.1 Å². The number of hydrogen-bond donors (Lipinski definition) is 1. The minimum absolute atomic E-state index is 0.0451. The number of rotatable bonds is 9. The van der Waals surface area contributed by atoms with E-state index in [1.807, 2.05) is 43.3 Å². The monoisotopic (exact) mass is 426 g/mol. The van der Waals surface area contributed by atoms with Crippen molar-refractivity contribution in [2.75, 3.05) is 45.3 Å². The molecule has 1 heterocycles. The third-order valence-electron chi connectivity index (χ3n) is 5.32. The third-order valence-corrected chi connectivity index (χ3v) is 5.32. The van der Waals surface area contributed by atoms with Crippen LogP contribution in [0.1, 0.15) is 30.1 Å². The fourth-order valence-electron chi connectivity index (χ4n) is 3.62. The summed E-state index contributed by atoms with van der Waals surface area (Å²) in [4.78, 5) is 27.6. The van der Waals surface area contributed by atoms with E-state index in [1.165, 1.54) is 0 Å². The molecule has 0 aromatic heterocycles. The minimum atomic E-state index is -0.147. The number of nitrogens with zero attached hydrogens (tertiary/aromatic N) is 1. The van der Waals surface area contributed by atoms with Crippen LogP contribution in [0.4, 0.5) is 5.69 Å². The number of carbonyl (C=O) groups excluding carboxylic acids is 2. The van der Waals surface area contributed by atoms with Gasteiger partial charge in [-0.1, -0.05) is 24.3 Å². The zero-order valence-corrected chi connectivity index (χ0v) is 18.1. The number of hydrogen-bond acceptors (Lipinski definition) is 5. The van der Waals surface area contributed by atoms with Crippen molar-refractivity contribution in [3.63, 3.8) is 0 Å². The van der Waals surface area contributed by atoms with E-state index in [2.05, 4.69) is 5.32 Å². The lowest BCUT2D eigenvalue weighted by Gasteiger charge is -2.31. The summed E-state index contributed by atoms with van der Waals surface area (Å²) < 4.78 is 16.3. The Hall–Kier alpha value is -3.06. The number of likely N-dealkylation sites (tertiary alicyclic amines) is 1. The van der Waals surface area contributed by atoms with Gasteiger partial charge < -0.3 is 24.4 Å². The number of para-hydroxylation sites is 3. The Labute approximate surface area is 183 Å². The number of ether oxygens (including phenoxy) is 3. The van der Waals surface area contributed by atoms with Crippen LogP contribution >= 0.6 is 0 Å². The molecule has 2 aromatic carbocycles. The van der Waals surface area contributed by atoms with Crippen LogP contribution in [0.3, 0.4) is 0 Å². The number of piperidine rings is 1. The van der Waals surface area contributed by atoms with Gasteiger partial charge in [0, 0.05) is 25.6 Å². The van der Waals surface area contributed by atoms with Crippen molar-refractivity contribution in [2.24, 2.45) is 5.92 Å². The molecular formula is C24H30N2O5. The van der Waals surface area contributed by atoms with Gasteiger partial charge in [-0.25, -0.2) is 0 Å². The number of methoxy groups -OCH3 is 1. The van der Waals surface area contributed by atoms with E-state index in [9.17, 15) is 9.59 Å². The van der Waals surface area contributed by atoms with Gasteiger partial charge in [0.05, 0.1) is 25.0 Å². The molecule has 2 amide bonds. The SMILES string of the molecule is CCOCCOc1ccccc1C(=O)N1CCC(C(=O)Nc2ccccc2OC)CC1. The molecule has 1 aliphatic rings. The van der Waals surface area contributed by atoms with Crippen LogP contribution in [0, 0.1) is 5.92 Å². The van der Waals surface area contributed by atoms with Gasteiger partial charge >= 0.3 is 0 Å². The van der Waals surface area contributed by atoms with Gasteiger partial charge in [0.25, 0.3) is 5.91 Å². The maximum atomic E-state index is 13.1. The van der Waals surface area contributed by atoms with Crippen molar-refractivity contribution >= 4 is 17.5 Å². The highest BCUT2D eigenvalue weighted by atomic mass is 16.5. The predicted octanol–water partition coefficient (Wildman–Crippen LogP) is 3.60. The Balaban J connectivity index is 1.56. The fraction of sp³-hybridized carbons (Fsp3) is 0.417. The normalized spacial score (nSPS) is 14.2. The molecule has 0 unspecified atom stereocenters. The standard InChI is InChI=1S/C24H30N2O5/c1-3-30-16-17-31-21-10-6-4-8-19(21)24(28)26-14-12-18(13-15-26)23(27)25-20-9-5-7-11-22(20)29-2/h4-11,18H,3,12-17H2,1-2H3,(H,25,27). The quantitative estimate of drug-likeness (QED) is 0.620. The van der Waals surface area contributed by atoms with E-state index in [0.29, 0.717) is 68.5 Å². The van der Waals surface area contributed by atoms with Gasteiger partial charge in [-0.05, 0) is 44.0 Å². The number of anilines is 1. The van der Waals surface area contributed by atoms with E-state index in [4.69, 9.17) is 14.2 Å². The van der Waals surface area contributed by atoms with Gasteiger partial charge in [0.1, 0.15) is 18.1 Å². The summed E-state index contributed by atoms with van der Waals surface area (Å²) in [6.45, 7) is 4.47. The van der Waals surface area contributed by atoms with Crippen molar-refractivity contribution in [1.82, 2.24) is 4.90 Å². The van der Waals surface area contributed by atoms with Gasteiger partial charge in [-0.2, -0.15) is 0 Å². The summed E-state index contributed by atoms with van der Waals surface area (Å²) in [6.07, 6.45) is 1.22. The van der Waals surface area contributed by atoms with E-state index >= 15 is 0 Å². The summed E-state index contributed by atoms with van der Waals surface area (Å²) >= 11 is 0. The molecule has 31 heavy (non-hydrogen) atoms. The number of amides is 2. The Morgan fingerprint density at radius 2 is 1.68 bits per heavy atom. The summed E-state index contributed by atoms with van der Waals surface area (Å²) in [5.41, 5.74) is 1.20. The van der Waals surface area contributed by atoms with Crippen LogP contribution in [-0.2, 0) is 9.53 Å². The van der Waals surface area contributed by atoms with Crippen LogP contribution in [0.25, 0.3) is 0 Å². The lowest BCUT2D eigenvalue weighted by atomic mass is 9.95. The lowest BCUT2D eigenvalue weighted by molar-refractivity contribution is -0.121. The van der Waals surface area contributed by atoms with Crippen LogP contribution in [0.15, 0.2) is 48.5 Å². The van der Waals surface area contributed by atoms with E-state index in [0.717, 1.165) is 0 Å². The molecule has 0 spiro atoms. The molecule has 0 aliphatic carbocycles.